The Kier molecular flexibility index (Phi) is 5.06. The Morgan fingerprint density at radius 1 is 1.19 bits per heavy atom. The van der Waals surface area contributed by atoms with Crippen LogP contribution >= 0.6 is 0 Å². The zero-order chi connectivity index (χ0) is 18.6. The number of aryl methyl sites for hydroxylation is 1. The average molecular weight is 355 g/mol. The lowest BCUT2D eigenvalue weighted by Crippen LogP contribution is -2.45. The first-order valence-corrected chi connectivity index (χ1v) is 8.45. The zero-order valence-corrected chi connectivity index (χ0v) is 14.5. The van der Waals surface area contributed by atoms with Gasteiger partial charge in [-0.3, -0.25) is 14.5 Å². The minimum Gasteiger partial charge on any atom is -0.467 e. The van der Waals surface area contributed by atoms with Crippen LogP contribution in [0, 0.1) is 0 Å². The molecule has 1 aromatic carbocycles. The second kappa shape index (κ2) is 7.43. The van der Waals surface area contributed by atoms with E-state index >= 15 is 0 Å². The number of amides is 4. The van der Waals surface area contributed by atoms with Gasteiger partial charge < -0.3 is 15.1 Å². The molecular weight excluding hydrogens is 334 g/mol. The topological polar surface area (TPSA) is 91.7 Å². The van der Waals surface area contributed by atoms with Crippen LogP contribution in [0.2, 0.25) is 0 Å². The molecule has 7 heteroatoms. The number of furan rings is 1. The standard InChI is InChI=1S/C19H21N3O4/c1-19(10-9-14-6-3-2-4-7-14)17(24)22(18(25)21-19)13-16(23)20-12-15-8-5-11-26-15/h2-8,11H,9-10,12-13H2,1H3,(H,20,23)(H,21,25). The second-order valence-corrected chi connectivity index (χ2v) is 6.50. The van der Waals surface area contributed by atoms with Crippen molar-refractivity contribution in [3.63, 3.8) is 0 Å². The fraction of sp³-hybridized carbons (Fsp3) is 0.316. The Hall–Kier alpha value is -3.09. The molecule has 1 aromatic heterocycles. The lowest BCUT2D eigenvalue weighted by molar-refractivity contribution is -0.134. The number of urea groups is 1. The summed E-state index contributed by atoms with van der Waals surface area (Å²) in [5.74, 6) is -0.202. The number of hydrogen-bond donors (Lipinski definition) is 2. The van der Waals surface area contributed by atoms with Gasteiger partial charge in [-0.2, -0.15) is 0 Å². The van der Waals surface area contributed by atoms with Crippen molar-refractivity contribution in [1.29, 1.82) is 0 Å². The summed E-state index contributed by atoms with van der Waals surface area (Å²) in [4.78, 5) is 37.9. The lowest BCUT2D eigenvalue weighted by atomic mass is 9.93. The Balaban J connectivity index is 1.56. The molecule has 2 N–H and O–H groups in total. The summed E-state index contributed by atoms with van der Waals surface area (Å²) in [6, 6.07) is 12.7. The number of nitrogens with one attached hydrogen (secondary N) is 2. The third-order valence-electron chi connectivity index (χ3n) is 4.44. The normalized spacial score (nSPS) is 19.5. The first kappa shape index (κ1) is 17.7. The summed E-state index contributed by atoms with van der Waals surface area (Å²) in [6.45, 7) is 1.59. The quantitative estimate of drug-likeness (QED) is 0.742. The van der Waals surface area contributed by atoms with Gasteiger partial charge in [0.25, 0.3) is 5.91 Å². The molecule has 0 radical (unpaired) electrons. The highest BCUT2D eigenvalue weighted by molar-refractivity contribution is 6.08. The fourth-order valence-corrected chi connectivity index (χ4v) is 2.90. The van der Waals surface area contributed by atoms with E-state index in [0.717, 1.165) is 10.5 Å². The van der Waals surface area contributed by atoms with Gasteiger partial charge >= 0.3 is 6.03 Å². The smallest absolute Gasteiger partial charge is 0.325 e. The Morgan fingerprint density at radius 3 is 2.65 bits per heavy atom. The number of imide groups is 1. The van der Waals surface area contributed by atoms with E-state index in [1.165, 1.54) is 6.26 Å². The summed E-state index contributed by atoms with van der Waals surface area (Å²) in [5.41, 5.74) is 0.0826. The molecule has 3 rings (SSSR count). The first-order chi connectivity index (χ1) is 12.5. The van der Waals surface area contributed by atoms with E-state index < -0.39 is 17.5 Å². The zero-order valence-electron chi connectivity index (χ0n) is 14.5. The van der Waals surface area contributed by atoms with Crippen molar-refractivity contribution in [2.75, 3.05) is 6.54 Å². The maximum absolute atomic E-state index is 12.7. The summed E-state index contributed by atoms with van der Waals surface area (Å²) in [6.07, 6.45) is 2.63. The van der Waals surface area contributed by atoms with E-state index in [1.807, 2.05) is 30.3 Å². The lowest BCUT2D eigenvalue weighted by Gasteiger charge is -2.21. The molecule has 2 aromatic rings. The molecule has 7 nitrogen and oxygen atoms in total. The molecule has 0 saturated carbocycles. The van der Waals surface area contributed by atoms with Crippen LogP contribution in [0.25, 0.3) is 0 Å². The maximum atomic E-state index is 12.7. The highest BCUT2D eigenvalue weighted by atomic mass is 16.3. The van der Waals surface area contributed by atoms with Gasteiger partial charge in [-0.25, -0.2) is 4.79 Å². The molecule has 1 unspecified atom stereocenters. The van der Waals surface area contributed by atoms with Gasteiger partial charge in [0.2, 0.25) is 5.91 Å². The summed E-state index contributed by atoms with van der Waals surface area (Å²) >= 11 is 0. The fourth-order valence-electron chi connectivity index (χ4n) is 2.90. The predicted molar refractivity (Wildman–Crippen MR) is 94.0 cm³/mol. The van der Waals surface area contributed by atoms with Crippen molar-refractivity contribution in [3.8, 4) is 0 Å². The molecule has 0 aliphatic carbocycles. The van der Waals surface area contributed by atoms with E-state index in [0.29, 0.717) is 18.6 Å². The molecular formula is C19H21N3O4. The SMILES string of the molecule is CC1(CCc2ccccc2)NC(=O)N(CC(=O)NCc2ccco2)C1=O. The first-order valence-electron chi connectivity index (χ1n) is 8.45. The van der Waals surface area contributed by atoms with Crippen LogP contribution in [-0.2, 0) is 22.6 Å². The van der Waals surface area contributed by atoms with Crippen molar-refractivity contribution in [1.82, 2.24) is 15.5 Å². The van der Waals surface area contributed by atoms with E-state index in [-0.39, 0.29) is 19.0 Å². The van der Waals surface area contributed by atoms with Crippen LogP contribution in [0.3, 0.4) is 0 Å². The third-order valence-corrected chi connectivity index (χ3v) is 4.44. The number of nitrogens with zero attached hydrogens (tertiary/aromatic N) is 1. The highest BCUT2D eigenvalue weighted by Gasteiger charge is 2.47. The summed E-state index contributed by atoms with van der Waals surface area (Å²) in [5, 5.41) is 5.35. The van der Waals surface area contributed by atoms with Crippen molar-refractivity contribution in [2.45, 2.75) is 31.8 Å². The summed E-state index contributed by atoms with van der Waals surface area (Å²) in [7, 11) is 0. The van der Waals surface area contributed by atoms with Gasteiger partial charge in [0.15, 0.2) is 0 Å². The number of hydrogen-bond acceptors (Lipinski definition) is 4. The van der Waals surface area contributed by atoms with E-state index in [2.05, 4.69) is 10.6 Å². The van der Waals surface area contributed by atoms with Crippen LogP contribution in [0.5, 0.6) is 0 Å². The maximum Gasteiger partial charge on any atom is 0.325 e. The van der Waals surface area contributed by atoms with Gasteiger partial charge in [0.1, 0.15) is 17.8 Å². The van der Waals surface area contributed by atoms with Crippen LogP contribution in [0.4, 0.5) is 4.79 Å². The highest BCUT2D eigenvalue weighted by Crippen LogP contribution is 2.23. The monoisotopic (exact) mass is 355 g/mol. The minimum atomic E-state index is -1.01. The van der Waals surface area contributed by atoms with Crippen LogP contribution < -0.4 is 10.6 Å². The Labute approximate surface area is 151 Å². The third kappa shape index (κ3) is 3.93. The Morgan fingerprint density at radius 2 is 1.96 bits per heavy atom. The number of rotatable bonds is 7. The van der Waals surface area contributed by atoms with Crippen molar-refractivity contribution >= 4 is 17.8 Å². The van der Waals surface area contributed by atoms with E-state index in [9.17, 15) is 14.4 Å². The van der Waals surface area contributed by atoms with Crippen LogP contribution in [-0.4, -0.2) is 34.8 Å². The largest absolute Gasteiger partial charge is 0.467 e. The van der Waals surface area contributed by atoms with Crippen molar-refractivity contribution < 1.29 is 18.8 Å². The molecule has 2 heterocycles. The number of benzene rings is 1. The van der Waals surface area contributed by atoms with Crippen molar-refractivity contribution in [2.24, 2.45) is 0 Å². The molecule has 0 spiro atoms. The molecule has 0 bridgehead atoms. The molecule has 1 saturated heterocycles. The Bertz CT molecular complexity index is 788. The molecule has 136 valence electrons. The van der Waals surface area contributed by atoms with Gasteiger partial charge in [0, 0.05) is 0 Å². The number of carbonyl (C=O) groups is 3. The van der Waals surface area contributed by atoms with E-state index in [4.69, 9.17) is 4.42 Å². The molecule has 4 amide bonds. The van der Waals surface area contributed by atoms with Crippen LogP contribution in [0.15, 0.2) is 53.1 Å². The van der Waals surface area contributed by atoms with Gasteiger partial charge in [0.05, 0.1) is 12.8 Å². The van der Waals surface area contributed by atoms with Crippen molar-refractivity contribution in [3.05, 3.63) is 60.1 Å². The molecule has 1 aliphatic rings. The van der Waals surface area contributed by atoms with Gasteiger partial charge in [-0.05, 0) is 37.5 Å². The molecule has 26 heavy (non-hydrogen) atoms. The summed E-state index contributed by atoms with van der Waals surface area (Å²) < 4.78 is 5.13. The molecule has 1 aliphatic heterocycles. The van der Waals surface area contributed by atoms with Gasteiger partial charge in [-0.15, -0.1) is 0 Å². The van der Waals surface area contributed by atoms with Crippen LogP contribution in [0.1, 0.15) is 24.7 Å². The molecule has 1 fully saturated rings. The van der Waals surface area contributed by atoms with Gasteiger partial charge in [-0.1, -0.05) is 30.3 Å². The predicted octanol–water partition coefficient (Wildman–Crippen LogP) is 1.84. The number of carbonyl (C=O) groups excluding carboxylic acids is 3. The second-order valence-electron chi connectivity index (χ2n) is 6.50. The minimum absolute atomic E-state index is 0.209. The molecule has 1 atom stereocenters. The average Bonchev–Trinajstić information content (AvgIpc) is 3.23. The van der Waals surface area contributed by atoms with E-state index in [1.54, 1.807) is 19.1 Å².